The third-order valence-corrected chi connectivity index (χ3v) is 9.59. The fourth-order valence-corrected chi connectivity index (χ4v) is 6.50. The van der Waals surface area contributed by atoms with Crippen molar-refractivity contribution in [3.8, 4) is 5.75 Å². The number of carbonyl (C=O) groups excluding carboxylic acids is 1. The fraction of sp³-hybridized carbons (Fsp3) is 0.387. The first kappa shape index (κ1) is 27.2. The number of para-hydroxylation sites is 3. The van der Waals surface area contributed by atoms with Crippen LogP contribution in [0.3, 0.4) is 0 Å². The van der Waals surface area contributed by atoms with Gasteiger partial charge in [0.25, 0.3) is 5.91 Å². The molecule has 1 heterocycles. The van der Waals surface area contributed by atoms with Gasteiger partial charge in [0.05, 0.1) is 16.3 Å². The highest BCUT2D eigenvalue weighted by Gasteiger charge is 2.32. The zero-order chi connectivity index (χ0) is 27.4. The monoisotopic (exact) mass is 547 g/mol. The largest absolute Gasteiger partial charge is 0.490 e. The molecule has 2 aliphatic rings. The molecule has 5 rings (SSSR count). The number of anilines is 2. The highest BCUT2D eigenvalue weighted by molar-refractivity contribution is 7.89. The minimum Gasteiger partial charge on any atom is -0.490 e. The number of piperidine rings is 1. The van der Waals surface area contributed by atoms with Crippen molar-refractivity contribution in [2.24, 2.45) is 0 Å². The van der Waals surface area contributed by atoms with E-state index >= 15 is 0 Å². The molecule has 0 spiro atoms. The molecular weight excluding hydrogens is 510 g/mol. The fourth-order valence-electron chi connectivity index (χ4n) is 5.60. The Morgan fingerprint density at radius 1 is 0.821 bits per heavy atom. The SMILES string of the molecule is CN(C)S(=O)(=O)c1ccc(C(=O)N(c2ccccc2N2CCC(Oc3ccccc3)CC2)C2CCCC2)cc1. The molecule has 1 aliphatic heterocycles. The first-order valence-electron chi connectivity index (χ1n) is 13.8. The van der Waals surface area contributed by atoms with Crippen molar-refractivity contribution in [2.75, 3.05) is 37.0 Å². The standard InChI is InChI=1S/C31H37N3O4S/c1-32(2)39(36,37)28-18-16-24(17-19-28)31(35)34(25-10-6-7-11-25)30-15-9-8-14-29(30)33-22-20-27(21-23-33)38-26-12-4-3-5-13-26/h3-5,8-9,12-19,25,27H,6-7,10-11,20-23H2,1-2H3. The number of amides is 1. The van der Waals surface area contributed by atoms with Gasteiger partial charge in [-0.25, -0.2) is 12.7 Å². The van der Waals surface area contributed by atoms with Gasteiger partial charge in [-0.05, 0) is 61.4 Å². The second-order valence-electron chi connectivity index (χ2n) is 10.5. The van der Waals surface area contributed by atoms with E-state index in [0.717, 1.165) is 68.7 Å². The average molecular weight is 548 g/mol. The quantitative estimate of drug-likeness (QED) is 0.369. The van der Waals surface area contributed by atoms with E-state index in [1.54, 1.807) is 12.1 Å². The molecule has 206 valence electrons. The number of rotatable bonds is 8. The van der Waals surface area contributed by atoms with Crippen LogP contribution in [0.5, 0.6) is 5.75 Å². The number of sulfonamides is 1. The van der Waals surface area contributed by atoms with Gasteiger partial charge >= 0.3 is 0 Å². The summed E-state index contributed by atoms with van der Waals surface area (Å²) in [4.78, 5) is 18.5. The predicted octanol–water partition coefficient (Wildman–Crippen LogP) is 5.57. The number of nitrogens with zero attached hydrogens (tertiary/aromatic N) is 3. The number of hydrogen-bond acceptors (Lipinski definition) is 5. The molecule has 0 bridgehead atoms. The van der Waals surface area contributed by atoms with Gasteiger partial charge in [-0.3, -0.25) is 4.79 Å². The van der Waals surface area contributed by atoms with Gasteiger partial charge in [-0.2, -0.15) is 0 Å². The van der Waals surface area contributed by atoms with Crippen molar-refractivity contribution < 1.29 is 17.9 Å². The Balaban J connectivity index is 1.39. The van der Waals surface area contributed by atoms with E-state index in [1.807, 2.05) is 53.4 Å². The molecular formula is C31H37N3O4S. The Morgan fingerprint density at radius 3 is 2.08 bits per heavy atom. The van der Waals surface area contributed by atoms with E-state index in [2.05, 4.69) is 11.0 Å². The molecule has 1 saturated carbocycles. The lowest BCUT2D eigenvalue weighted by molar-refractivity contribution is 0.0976. The van der Waals surface area contributed by atoms with Gasteiger partial charge in [-0.1, -0.05) is 43.2 Å². The van der Waals surface area contributed by atoms with Crippen LogP contribution in [-0.2, 0) is 10.0 Å². The van der Waals surface area contributed by atoms with Crippen molar-refractivity contribution in [1.82, 2.24) is 4.31 Å². The van der Waals surface area contributed by atoms with Crippen LogP contribution < -0.4 is 14.5 Å². The Kier molecular flexibility index (Phi) is 8.23. The Morgan fingerprint density at radius 2 is 1.44 bits per heavy atom. The molecule has 0 N–H and O–H groups in total. The normalized spacial score (nSPS) is 16.9. The lowest BCUT2D eigenvalue weighted by atomic mass is 10.0. The summed E-state index contributed by atoms with van der Waals surface area (Å²) in [5, 5.41) is 0. The van der Waals surface area contributed by atoms with E-state index in [0.29, 0.717) is 5.56 Å². The van der Waals surface area contributed by atoms with Crippen LogP contribution >= 0.6 is 0 Å². The van der Waals surface area contributed by atoms with E-state index in [1.165, 1.54) is 30.5 Å². The van der Waals surface area contributed by atoms with E-state index in [9.17, 15) is 13.2 Å². The molecule has 7 nitrogen and oxygen atoms in total. The molecule has 3 aromatic carbocycles. The van der Waals surface area contributed by atoms with Crippen molar-refractivity contribution in [1.29, 1.82) is 0 Å². The number of ether oxygens (including phenoxy) is 1. The molecule has 0 unspecified atom stereocenters. The molecule has 3 aromatic rings. The summed E-state index contributed by atoms with van der Waals surface area (Å²) < 4.78 is 32.5. The minimum absolute atomic E-state index is 0.0922. The van der Waals surface area contributed by atoms with Gasteiger partial charge in [0, 0.05) is 51.6 Å². The molecule has 2 fully saturated rings. The van der Waals surface area contributed by atoms with Crippen LogP contribution in [-0.4, -0.2) is 58.0 Å². The Hall–Kier alpha value is -3.36. The third-order valence-electron chi connectivity index (χ3n) is 7.76. The molecule has 1 saturated heterocycles. The van der Waals surface area contributed by atoms with Crippen molar-refractivity contribution in [3.63, 3.8) is 0 Å². The maximum atomic E-state index is 14.0. The predicted molar refractivity (Wildman–Crippen MR) is 155 cm³/mol. The van der Waals surface area contributed by atoms with E-state index < -0.39 is 10.0 Å². The second-order valence-corrected chi connectivity index (χ2v) is 12.7. The summed E-state index contributed by atoms with van der Waals surface area (Å²) in [6, 6.07) is 24.6. The highest BCUT2D eigenvalue weighted by atomic mass is 32.2. The van der Waals surface area contributed by atoms with Crippen LogP contribution in [0.15, 0.2) is 83.8 Å². The first-order valence-corrected chi connectivity index (χ1v) is 15.2. The molecule has 8 heteroatoms. The lowest BCUT2D eigenvalue weighted by Crippen LogP contribution is -2.42. The zero-order valence-corrected chi connectivity index (χ0v) is 23.5. The van der Waals surface area contributed by atoms with Crippen LogP contribution in [0.2, 0.25) is 0 Å². The lowest BCUT2D eigenvalue weighted by Gasteiger charge is -2.38. The Labute approximate surface area is 232 Å². The zero-order valence-electron chi connectivity index (χ0n) is 22.7. The summed E-state index contributed by atoms with van der Waals surface area (Å²) in [6.07, 6.45) is 6.09. The molecule has 1 aliphatic carbocycles. The second kappa shape index (κ2) is 11.8. The summed E-state index contributed by atoms with van der Waals surface area (Å²) in [5.74, 6) is 0.809. The van der Waals surface area contributed by atoms with Crippen LogP contribution in [0, 0.1) is 0 Å². The van der Waals surface area contributed by atoms with Crippen molar-refractivity contribution in [2.45, 2.75) is 55.6 Å². The number of benzene rings is 3. The summed E-state index contributed by atoms with van der Waals surface area (Å²) in [7, 11) is -0.554. The number of hydrogen-bond donors (Lipinski definition) is 0. The Bertz CT molecular complexity index is 1360. The van der Waals surface area contributed by atoms with Gasteiger partial charge < -0.3 is 14.5 Å². The minimum atomic E-state index is -3.56. The summed E-state index contributed by atoms with van der Waals surface area (Å²) >= 11 is 0. The first-order chi connectivity index (χ1) is 18.8. The number of carbonyl (C=O) groups is 1. The van der Waals surface area contributed by atoms with Crippen molar-refractivity contribution >= 4 is 27.3 Å². The third kappa shape index (κ3) is 5.97. The molecule has 39 heavy (non-hydrogen) atoms. The van der Waals surface area contributed by atoms with Crippen LogP contribution in [0.1, 0.15) is 48.9 Å². The van der Waals surface area contributed by atoms with E-state index in [-0.39, 0.29) is 22.9 Å². The maximum Gasteiger partial charge on any atom is 0.258 e. The summed E-state index contributed by atoms with van der Waals surface area (Å²) in [6.45, 7) is 1.69. The molecule has 0 aromatic heterocycles. The van der Waals surface area contributed by atoms with Gasteiger partial charge in [0.2, 0.25) is 10.0 Å². The van der Waals surface area contributed by atoms with Gasteiger partial charge in [0.15, 0.2) is 0 Å². The van der Waals surface area contributed by atoms with Crippen LogP contribution in [0.25, 0.3) is 0 Å². The molecule has 0 atom stereocenters. The average Bonchev–Trinajstić information content (AvgIpc) is 3.49. The summed E-state index contributed by atoms with van der Waals surface area (Å²) in [5.41, 5.74) is 2.47. The maximum absolute atomic E-state index is 14.0. The van der Waals surface area contributed by atoms with Gasteiger partial charge in [0.1, 0.15) is 11.9 Å². The van der Waals surface area contributed by atoms with Crippen LogP contribution in [0.4, 0.5) is 11.4 Å². The van der Waals surface area contributed by atoms with Crippen molar-refractivity contribution in [3.05, 3.63) is 84.4 Å². The van der Waals surface area contributed by atoms with E-state index in [4.69, 9.17) is 4.74 Å². The smallest absolute Gasteiger partial charge is 0.258 e. The molecule has 1 amide bonds. The topological polar surface area (TPSA) is 70.2 Å². The highest BCUT2D eigenvalue weighted by Crippen LogP contribution is 2.37. The van der Waals surface area contributed by atoms with Gasteiger partial charge in [-0.15, -0.1) is 0 Å². The molecule has 0 radical (unpaired) electrons.